The van der Waals surface area contributed by atoms with Gasteiger partial charge in [0.15, 0.2) is 12.4 Å². The molecule has 1 fully saturated rings. The Kier molecular flexibility index (Phi) is 3.28. The van der Waals surface area contributed by atoms with E-state index in [1.165, 1.54) is 6.92 Å². The molecule has 3 N–H and O–H groups in total. The Balaban J connectivity index is 2.42. The van der Waals surface area contributed by atoms with E-state index in [0.717, 1.165) is 0 Å². The standard InChI is InChI=1S/C9H12FN3O5/c1-3-7(16)11-9(17)13(12-3)8-5(10)6(15)4(2-14)18-8/h4-6,8,14-15H,2H2,1H3,(H,11,16,17)/t4-,5-,6-,8-/m1/s1. The van der Waals surface area contributed by atoms with Crippen LogP contribution < -0.4 is 11.2 Å². The summed E-state index contributed by atoms with van der Waals surface area (Å²) in [5.74, 6) is 0. The predicted molar refractivity (Wildman–Crippen MR) is 55.8 cm³/mol. The average molecular weight is 261 g/mol. The fourth-order valence-corrected chi connectivity index (χ4v) is 1.72. The predicted octanol–water partition coefficient (Wildman–Crippen LogP) is -2.17. The third kappa shape index (κ3) is 1.96. The molecular formula is C9H12FN3O5. The maximum Gasteiger partial charge on any atom is 0.347 e. The smallest absolute Gasteiger partial charge is 0.347 e. The first-order valence-corrected chi connectivity index (χ1v) is 5.24. The van der Waals surface area contributed by atoms with Crippen molar-refractivity contribution in [2.75, 3.05) is 6.61 Å². The van der Waals surface area contributed by atoms with Crippen LogP contribution in [-0.4, -0.2) is 50.0 Å². The molecule has 0 spiro atoms. The number of rotatable bonds is 2. The fourth-order valence-electron chi connectivity index (χ4n) is 1.72. The van der Waals surface area contributed by atoms with Crippen molar-refractivity contribution in [3.05, 3.63) is 26.5 Å². The van der Waals surface area contributed by atoms with E-state index >= 15 is 0 Å². The van der Waals surface area contributed by atoms with Crippen LogP contribution >= 0.6 is 0 Å². The van der Waals surface area contributed by atoms with E-state index in [9.17, 15) is 19.1 Å². The number of hydrogen-bond acceptors (Lipinski definition) is 6. The molecule has 0 amide bonds. The van der Waals surface area contributed by atoms with Gasteiger partial charge in [-0.1, -0.05) is 0 Å². The van der Waals surface area contributed by atoms with Gasteiger partial charge in [-0.05, 0) is 6.92 Å². The Bertz CT molecular complexity index is 556. The van der Waals surface area contributed by atoms with E-state index in [-0.39, 0.29) is 5.69 Å². The highest BCUT2D eigenvalue weighted by molar-refractivity contribution is 4.92. The Morgan fingerprint density at radius 1 is 1.56 bits per heavy atom. The maximum atomic E-state index is 13.7. The van der Waals surface area contributed by atoms with Gasteiger partial charge in [0, 0.05) is 0 Å². The lowest BCUT2D eigenvalue weighted by Gasteiger charge is -2.14. The third-order valence-electron chi connectivity index (χ3n) is 2.73. The van der Waals surface area contributed by atoms with E-state index < -0.39 is 42.5 Å². The second kappa shape index (κ2) is 4.59. The number of halogens is 1. The summed E-state index contributed by atoms with van der Waals surface area (Å²) in [5.41, 5.74) is -1.65. The summed E-state index contributed by atoms with van der Waals surface area (Å²) < 4.78 is 19.4. The Morgan fingerprint density at radius 3 is 2.78 bits per heavy atom. The highest BCUT2D eigenvalue weighted by Gasteiger charge is 2.45. The minimum Gasteiger partial charge on any atom is -0.394 e. The molecule has 18 heavy (non-hydrogen) atoms. The number of aromatic amines is 1. The monoisotopic (exact) mass is 261 g/mol. The molecule has 9 heteroatoms. The van der Waals surface area contributed by atoms with Crippen LogP contribution in [0.4, 0.5) is 4.39 Å². The molecular weight excluding hydrogens is 249 g/mol. The Morgan fingerprint density at radius 2 is 2.22 bits per heavy atom. The van der Waals surface area contributed by atoms with E-state index in [4.69, 9.17) is 9.84 Å². The summed E-state index contributed by atoms with van der Waals surface area (Å²) in [6, 6.07) is 0. The quantitative estimate of drug-likeness (QED) is 0.557. The zero-order valence-electron chi connectivity index (χ0n) is 9.41. The van der Waals surface area contributed by atoms with Crippen molar-refractivity contribution < 1.29 is 19.3 Å². The molecule has 0 aromatic carbocycles. The van der Waals surface area contributed by atoms with E-state index in [0.29, 0.717) is 4.68 Å². The number of aryl methyl sites for hydroxylation is 1. The summed E-state index contributed by atoms with van der Waals surface area (Å²) in [6.45, 7) is 0.756. The van der Waals surface area contributed by atoms with Crippen LogP contribution in [0.3, 0.4) is 0 Å². The second-order valence-electron chi connectivity index (χ2n) is 3.97. The molecule has 4 atom stereocenters. The van der Waals surface area contributed by atoms with Crippen LogP contribution in [0, 0.1) is 6.92 Å². The third-order valence-corrected chi connectivity index (χ3v) is 2.73. The second-order valence-corrected chi connectivity index (χ2v) is 3.97. The van der Waals surface area contributed by atoms with Crippen LogP contribution in [0.2, 0.25) is 0 Å². The van der Waals surface area contributed by atoms with Crippen LogP contribution in [0.5, 0.6) is 0 Å². The van der Waals surface area contributed by atoms with Gasteiger partial charge in [0.25, 0.3) is 5.56 Å². The maximum absolute atomic E-state index is 13.7. The number of aliphatic hydroxyl groups is 2. The van der Waals surface area contributed by atoms with Crippen molar-refractivity contribution in [1.82, 2.24) is 14.8 Å². The molecule has 0 saturated carbocycles. The number of nitrogens with zero attached hydrogens (tertiary/aromatic N) is 2. The molecule has 0 radical (unpaired) electrons. The molecule has 2 heterocycles. The molecule has 8 nitrogen and oxygen atoms in total. The fraction of sp³-hybridized carbons (Fsp3) is 0.667. The van der Waals surface area contributed by atoms with Gasteiger partial charge >= 0.3 is 5.69 Å². The first-order chi connectivity index (χ1) is 8.45. The van der Waals surface area contributed by atoms with Gasteiger partial charge in [-0.2, -0.15) is 9.78 Å². The summed E-state index contributed by atoms with van der Waals surface area (Å²) in [5, 5.41) is 21.9. The largest absolute Gasteiger partial charge is 0.394 e. The number of nitrogens with one attached hydrogen (secondary N) is 1. The van der Waals surface area contributed by atoms with Gasteiger partial charge in [0.2, 0.25) is 0 Å². The SMILES string of the molecule is Cc1nn([C@@H]2O[C@H](CO)[C@@H](O)[C@H]2F)c(=O)[nH]c1=O. The molecule has 0 bridgehead atoms. The first kappa shape index (κ1) is 12.9. The summed E-state index contributed by atoms with van der Waals surface area (Å²) in [4.78, 5) is 24.5. The van der Waals surface area contributed by atoms with Gasteiger partial charge in [0.1, 0.15) is 17.9 Å². The van der Waals surface area contributed by atoms with Gasteiger partial charge < -0.3 is 14.9 Å². The number of H-pyrrole nitrogens is 1. The van der Waals surface area contributed by atoms with Crippen LogP contribution in [0.25, 0.3) is 0 Å². The van der Waals surface area contributed by atoms with Crippen molar-refractivity contribution >= 4 is 0 Å². The Labute approximate surface area is 99.6 Å². The molecule has 0 unspecified atom stereocenters. The molecule has 100 valence electrons. The molecule has 0 aliphatic carbocycles. The average Bonchev–Trinajstić information content (AvgIpc) is 2.61. The highest BCUT2D eigenvalue weighted by atomic mass is 19.1. The zero-order valence-corrected chi connectivity index (χ0v) is 9.41. The van der Waals surface area contributed by atoms with Crippen molar-refractivity contribution in [3.63, 3.8) is 0 Å². The number of aliphatic hydroxyl groups excluding tert-OH is 2. The summed E-state index contributed by atoms with van der Waals surface area (Å²) in [6.07, 6.45) is -6.08. The Hall–Kier alpha value is -1.58. The van der Waals surface area contributed by atoms with E-state index in [1.807, 2.05) is 4.98 Å². The van der Waals surface area contributed by atoms with Gasteiger partial charge in [0.05, 0.1) is 6.61 Å². The van der Waals surface area contributed by atoms with Crippen LogP contribution in [0.15, 0.2) is 9.59 Å². The first-order valence-electron chi connectivity index (χ1n) is 5.24. The highest BCUT2D eigenvalue weighted by Crippen LogP contribution is 2.29. The van der Waals surface area contributed by atoms with Gasteiger partial charge in [-0.15, -0.1) is 0 Å². The van der Waals surface area contributed by atoms with E-state index in [2.05, 4.69) is 5.10 Å². The van der Waals surface area contributed by atoms with Crippen LogP contribution in [0.1, 0.15) is 11.9 Å². The van der Waals surface area contributed by atoms with Crippen molar-refractivity contribution in [2.45, 2.75) is 31.5 Å². The molecule has 1 aromatic heterocycles. The minimum atomic E-state index is -1.92. The molecule has 2 rings (SSSR count). The lowest BCUT2D eigenvalue weighted by Crippen LogP contribution is -2.39. The van der Waals surface area contributed by atoms with Crippen molar-refractivity contribution in [1.29, 1.82) is 0 Å². The van der Waals surface area contributed by atoms with Gasteiger partial charge in [-0.25, -0.2) is 9.18 Å². The number of ether oxygens (including phenoxy) is 1. The molecule has 1 aliphatic rings. The lowest BCUT2D eigenvalue weighted by atomic mass is 10.1. The number of aromatic nitrogens is 3. The van der Waals surface area contributed by atoms with Crippen molar-refractivity contribution in [2.24, 2.45) is 0 Å². The molecule has 1 aliphatic heterocycles. The molecule has 1 aromatic rings. The summed E-state index contributed by atoms with van der Waals surface area (Å²) >= 11 is 0. The van der Waals surface area contributed by atoms with Gasteiger partial charge in [-0.3, -0.25) is 9.78 Å². The number of hydrogen-bond donors (Lipinski definition) is 3. The number of alkyl halides is 1. The summed E-state index contributed by atoms with van der Waals surface area (Å²) in [7, 11) is 0. The zero-order chi connectivity index (χ0) is 13.4. The van der Waals surface area contributed by atoms with E-state index in [1.54, 1.807) is 0 Å². The lowest BCUT2D eigenvalue weighted by molar-refractivity contribution is -0.0550. The topological polar surface area (TPSA) is 117 Å². The van der Waals surface area contributed by atoms with Crippen molar-refractivity contribution in [3.8, 4) is 0 Å². The minimum absolute atomic E-state index is 0.0349. The normalized spacial score (nSPS) is 31.8. The molecule has 1 saturated heterocycles. The van der Waals surface area contributed by atoms with Crippen LogP contribution in [-0.2, 0) is 4.74 Å².